The van der Waals surface area contributed by atoms with E-state index in [-0.39, 0.29) is 12.3 Å². The van der Waals surface area contributed by atoms with Crippen LogP contribution in [0.5, 0.6) is 5.75 Å². The Balaban J connectivity index is 1.56. The third kappa shape index (κ3) is 6.78. The van der Waals surface area contributed by atoms with Crippen LogP contribution in [0.2, 0.25) is 0 Å². The molecule has 0 saturated carbocycles. The Morgan fingerprint density at radius 1 is 1.13 bits per heavy atom. The number of nitrogens with zero attached hydrogens (tertiary/aromatic N) is 2. The summed E-state index contributed by atoms with van der Waals surface area (Å²) in [5.41, 5.74) is 2.12. The lowest BCUT2D eigenvalue weighted by atomic mass is 10.1. The molecule has 0 radical (unpaired) electrons. The number of nitrogens with one attached hydrogen (secondary N) is 2. The maximum absolute atomic E-state index is 12.2. The minimum atomic E-state index is -2.88. The van der Waals surface area contributed by atoms with Gasteiger partial charge in [-0.25, -0.2) is 9.98 Å². The second-order valence-corrected chi connectivity index (χ2v) is 6.55. The summed E-state index contributed by atoms with van der Waals surface area (Å²) in [4.78, 5) is 8.90. The summed E-state index contributed by atoms with van der Waals surface area (Å²) in [6, 6.07) is 15.4. The van der Waals surface area contributed by atoms with Gasteiger partial charge in [0.2, 0.25) is 5.89 Å². The molecule has 0 spiro atoms. The van der Waals surface area contributed by atoms with Gasteiger partial charge in [0.1, 0.15) is 17.7 Å². The molecule has 3 N–H and O–H groups in total. The number of aliphatic imine (C=N–C) groups is 1. The van der Waals surface area contributed by atoms with Crippen molar-refractivity contribution in [3.8, 4) is 17.2 Å². The first kappa shape index (κ1) is 22.2. The van der Waals surface area contributed by atoms with Crippen molar-refractivity contribution in [3.05, 3.63) is 72.1 Å². The summed E-state index contributed by atoms with van der Waals surface area (Å²) in [5, 5.41) is 16.5. The number of aromatic nitrogens is 1. The molecule has 0 bridgehead atoms. The standard InChI is InChI=1S/C22H24F2N4O3/c1-2-25-22(26-12-17-14-30-20(28-17)16-6-4-3-5-7-16)27-13-19(29)15-8-10-18(11-9-15)31-21(23)24/h3-11,14,19,21,29H,2,12-13H2,1H3,(H2,25,26,27). The summed E-state index contributed by atoms with van der Waals surface area (Å²) >= 11 is 0. The monoisotopic (exact) mass is 430 g/mol. The zero-order valence-electron chi connectivity index (χ0n) is 17.0. The van der Waals surface area contributed by atoms with Gasteiger partial charge in [-0.05, 0) is 36.8 Å². The molecule has 1 heterocycles. The number of benzene rings is 2. The molecular weight excluding hydrogens is 406 g/mol. The first-order chi connectivity index (χ1) is 15.0. The van der Waals surface area contributed by atoms with E-state index in [9.17, 15) is 13.9 Å². The number of oxazole rings is 1. The molecule has 0 fully saturated rings. The minimum absolute atomic E-state index is 0.0382. The highest BCUT2D eigenvalue weighted by molar-refractivity contribution is 5.79. The smallest absolute Gasteiger partial charge is 0.387 e. The number of ether oxygens (including phenoxy) is 1. The van der Waals surface area contributed by atoms with E-state index in [1.54, 1.807) is 6.26 Å². The number of guanidine groups is 1. The van der Waals surface area contributed by atoms with Crippen molar-refractivity contribution in [1.82, 2.24) is 15.6 Å². The Kier molecular flexibility index (Phi) is 7.94. The molecule has 1 unspecified atom stereocenters. The molecule has 0 aliphatic rings. The number of halogens is 2. The molecule has 1 aromatic heterocycles. The first-order valence-corrected chi connectivity index (χ1v) is 9.80. The lowest BCUT2D eigenvalue weighted by Gasteiger charge is -2.16. The molecule has 3 aromatic rings. The van der Waals surface area contributed by atoms with Gasteiger partial charge in [-0.3, -0.25) is 0 Å². The summed E-state index contributed by atoms with van der Waals surface area (Å²) in [6.45, 7) is 0.148. The fourth-order valence-corrected chi connectivity index (χ4v) is 2.78. The number of rotatable bonds is 9. The highest BCUT2D eigenvalue weighted by Gasteiger charge is 2.11. The maximum Gasteiger partial charge on any atom is 0.387 e. The average molecular weight is 430 g/mol. The van der Waals surface area contributed by atoms with Crippen LogP contribution in [0, 0.1) is 0 Å². The molecule has 0 saturated heterocycles. The van der Waals surface area contributed by atoms with Crippen LogP contribution in [0.4, 0.5) is 8.78 Å². The Morgan fingerprint density at radius 2 is 1.87 bits per heavy atom. The number of aliphatic hydroxyl groups is 1. The number of aliphatic hydroxyl groups excluding tert-OH is 1. The van der Waals surface area contributed by atoms with Crippen LogP contribution in [0.1, 0.15) is 24.3 Å². The molecule has 3 rings (SSSR count). The molecule has 7 nitrogen and oxygen atoms in total. The van der Waals surface area contributed by atoms with Crippen molar-refractivity contribution in [2.75, 3.05) is 13.1 Å². The first-order valence-electron chi connectivity index (χ1n) is 9.80. The van der Waals surface area contributed by atoms with Crippen LogP contribution in [-0.2, 0) is 6.54 Å². The van der Waals surface area contributed by atoms with Crippen LogP contribution in [0.25, 0.3) is 11.5 Å². The van der Waals surface area contributed by atoms with E-state index in [1.807, 2.05) is 37.3 Å². The molecule has 164 valence electrons. The number of hydrogen-bond acceptors (Lipinski definition) is 5. The van der Waals surface area contributed by atoms with E-state index >= 15 is 0 Å². The van der Waals surface area contributed by atoms with E-state index in [1.165, 1.54) is 24.3 Å². The zero-order chi connectivity index (χ0) is 22.1. The molecule has 9 heteroatoms. The number of hydrogen-bond donors (Lipinski definition) is 3. The van der Waals surface area contributed by atoms with Crippen LogP contribution < -0.4 is 15.4 Å². The quantitative estimate of drug-likeness (QED) is 0.354. The highest BCUT2D eigenvalue weighted by atomic mass is 19.3. The van der Waals surface area contributed by atoms with Gasteiger partial charge in [-0.15, -0.1) is 0 Å². The normalized spacial score (nSPS) is 12.6. The van der Waals surface area contributed by atoms with Crippen LogP contribution in [0.3, 0.4) is 0 Å². The van der Waals surface area contributed by atoms with Crippen LogP contribution in [-0.4, -0.2) is 35.8 Å². The Bertz CT molecular complexity index is 962. The largest absolute Gasteiger partial charge is 0.444 e. The molecular formula is C22H24F2N4O3. The van der Waals surface area contributed by atoms with Gasteiger partial charge < -0.3 is 24.9 Å². The summed E-state index contributed by atoms with van der Waals surface area (Å²) in [7, 11) is 0. The Labute approximate surface area is 178 Å². The van der Waals surface area contributed by atoms with E-state index < -0.39 is 12.7 Å². The highest BCUT2D eigenvalue weighted by Crippen LogP contribution is 2.19. The van der Waals surface area contributed by atoms with Gasteiger partial charge in [-0.1, -0.05) is 30.3 Å². The van der Waals surface area contributed by atoms with E-state index in [0.29, 0.717) is 36.2 Å². The predicted octanol–water partition coefficient (Wildman–Crippen LogP) is 3.73. The summed E-state index contributed by atoms with van der Waals surface area (Å²) in [6.07, 6.45) is 0.703. The van der Waals surface area contributed by atoms with Crippen molar-refractivity contribution in [1.29, 1.82) is 0 Å². The fraction of sp³-hybridized carbons (Fsp3) is 0.273. The Morgan fingerprint density at radius 3 is 2.55 bits per heavy atom. The Hall–Kier alpha value is -3.46. The zero-order valence-corrected chi connectivity index (χ0v) is 17.0. The van der Waals surface area contributed by atoms with E-state index in [2.05, 4.69) is 25.3 Å². The molecule has 0 aliphatic carbocycles. The molecule has 2 aromatic carbocycles. The lowest BCUT2D eigenvalue weighted by Crippen LogP contribution is -2.39. The van der Waals surface area contributed by atoms with Crippen molar-refractivity contribution in [2.24, 2.45) is 4.99 Å². The third-order valence-electron chi connectivity index (χ3n) is 4.27. The van der Waals surface area contributed by atoms with Gasteiger partial charge >= 0.3 is 6.61 Å². The van der Waals surface area contributed by atoms with Gasteiger partial charge in [0.05, 0.1) is 12.6 Å². The van der Waals surface area contributed by atoms with Crippen molar-refractivity contribution in [3.63, 3.8) is 0 Å². The van der Waals surface area contributed by atoms with Gasteiger partial charge in [0, 0.05) is 18.7 Å². The second-order valence-electron chi connectivity index (χ2n) is 6.55. The van der Waals surface area contributed by atoms with Gasteiger partial charge in [0.25, 0.3) is 0 Å². The van der Waals surface area contributed by atoms with Gasteiger partial charge in [-0.2, -0.15) is 8.78 Å². The van der Waals surface area contributed by atoms with Crippen LogP contribution in [0.15, 0.2) is 70.3 Å². The second kappa shape index (κ2) is 11.1. The van der Waals surface area contributed by atoms with Crippen molar-refractivity contribution < 1.29 is 23.0 Å². The topological polar surface area (TPSA) is 91.9 Å². The summed E-state index contributed by atoms with van der Waals surface area (Å²) < 4.78 is 34.3. The SMILES string of the molecule is CCNC(=NCc1coc(-c2ccccc2)n1)NCC(O)c1ccc(OC(F)F)cc1. The minimum Gasteiger partial charge on any atom is -0.444 e. The lowest BCUT2D eigenvalue weighted by molar-refractivity contribution is -0.0498. The third-order valence-corrected chi connectivity index (χ3v) is 4.27. The van der Waals surface area contributed by atoms with Crippen molar-refractivity contribution >= 4 is 5.96 Å². The van der Waals surface area contributed by atoms with Crippen molar-refractivity contribution in [2.45, 2.75) is 26.2 Å². The number of alkyl halides is 2. The van der Waals surface area contributed by atoms with E-state index in [0.717, 1.165) is 5.56 Å². The molecule has 0 aliphatic heterocycles. The maximum atomic E-state index is 12.2. The van der Waals surface area contributed by atoms with Gasteiger partial charge in [0.15, 0.2) is 5.96 Å². The predicted molar refractivity (Wildman–Crippen MR) is 113 cm³/mol. The fourth-order valence-electron chi connectivity index (χ4n) is 2.78. The molecule has 31 heavy (non-hydrogen) atoms. The molecule has 0 amide bonds. The average Bonchev–Trinajstić information content (AvgIpc) is 3.25. The summed E-state index contributed by atoms with van der Waals surface area (Å²) in [5.74, 6) is 1.07. The molecule has 1 atom stereocenters. The van der Waals surface area contributed by atoms with E-state index in [4.69, 9.17) is 4.42 Å². The van der Waals surface area contributed by atoms with Crippen LogP contribution >= 0.6 is 0 Å².